The van der Waals surface area contributed by atoms with Gasteiger partial charge in [-0.2, -0.15) is 0 Å². The molecule has 1 aromatic carbocycles. The number of ether oxygens (including phenoxy) is 1. The molecule has 24 heavy (non-hydrogen) atoms. The number of hydrogen-bond donors (Lipinski definition) is 3. The highest BCUT2D eigenvalue weighted by atomic mass is 32.1. The molecule has 128 valence electrons. The Morgan fingerprint density at radius 2 is 2.08 bits per heavy atom. The van der Waals surface area contributed by atoms with Gasteiger partial charge in [-0.05, 0) is 24.6 Å². The van der Waals surface area contributed by atoms with Crippen LogP contribution < -0.4 is 20.7 Å². The molecule has 8 nitrogen and oxygen atoms in total. The number of methoxy groups -OCH3 is 1. The van der Waals surface area contributed by atoms with E-state index in [-0.39, 0.29) is 12.5 Å². The molecule has 1 aromatic heterocycles. The zero-order valence-electron chi connectivity index (χ0n) is 13.5. The standard InChI is InChI=1S/C15H19N5O3S/c1-3-16-12(21)9-17-14(22)18-15-20-19-13(24-15)8-10-5-4-6-11(7-10)23-2/h4-7H,3,8-9H2,1-2H3,(H,16,21)(H2,17,18,20,22). The number of amides is 3. The highest BCUT2D eigenvalue weighted by Crippen LogP contribution is 2.20. The van der Waals surface area contributed by atoms with Gasteiger partial charge >= 0.3 is 6.03 Å². The van der Waals surface area contributed by atoms with Crippen molar-refractivity contribution in [1.29, 1.82) is 0 Å². The van der Waals surface area contributed by atoms with Gasteiger partial charge in [0.2, 0.25) is 11.0 Å². The maximum absolute atomic E-state index is 11.7. The van der Waals surface area contributed by atoms with Gasteiger partial charge in [-0.15, -0.1) is 10.2 Å². The van der Waals surface area contributed by atoms with E-state index in [1.165, 1.54) is 11.3 Å². The number of carbonyl (C=O) groups is 2. The van der Waals surface area contributed by atoms with E-state index in [9.17, 15) is 9.59 Å². The molecule has 0 aliphatic carbocycles. The Morgan fingerprint density at radius 1 is 1.25 bits per heavy atom. The summed E-state index contributed by atoms with van der Waals surface area (Å²) >= 11 is 1.28. The predicted octanol–water partition coefficient (Wildman–Crippen LogP) is 1.40. The number of anilines is 1. The Kier molecular flexibility index (Phi) is 6.50. The molecule has 0 aliphatic rings. The van der Waals surface area contributed by atoms with E-state index >= 15 is 0 Å². The fourth-order valence-corrected chi connectivity index (χ4v) is 2.66. The van der Waals surface area contributed by atoms with Crippen LogP contribution in [0.2, 0.25) is 0 Å². The molecule has 0 unspecified atom stereocenters. The third kappa shape index (κ3) is 5.51. The minimum Gasteiger partial charge on any atom is -0.497 e. The van der Waals surface area contributed by atoms with Crippen molar-refractivity contribution in [3.8, 4) is 5.75 Å². The van der Waals surface area contributed by atoms with E-state index in [4.69, 9.17) is 4.74 Å². The molecule has 0 fully saturated rings. The first-order valence-electron chi connectivity index (χ1n) is 7.37. The molecular formula is C15H19N5O3S. The second-order valence-electron chi connectivity index (χ2n) is 4.79. The van der Waals surface area contributed by atoms with Crippen molar-refractivity contribution < 1.29 is 14.3 Å². The number of benzene rings is 1. The van der Waals surface area contributed by atoms with Crippen molar-refractivity contribution in [3.63, 3.8) is 0 Å². The second kappa shape index (κ2) is 8.82. The number of carbonyl (C=O) groups excluding carboxylic acids is 2. The van der Waals surface area contributed by atoms with Crippen LogP contribution in [-0.4, -0.2) is 42.3 Å². The lowest BCUT2D eigenvalue weighted by Crippen LogP contribution is -2.38. The van der Waals surface area contributed by atoms with Gasteiger partial charge in [0, 0.05) is 13.0 Å². The van der Waals surface area contributed by atoms with Crippen molar-refractivity contribution in [2.24, 2.45) is 0 Å². The van der Waals surface area contributed by atoms with Crippen LogP contribution in [0.15, 0.2) is 24.3 Å². The van der Waals surface area contributed by atoms with Crippen LogP contribution in [0.5, 0.6) is 5.75 Å². The van der Waals surface area contributed by atoms with Crippen LogP contribution in [0.1, 0.15) is 17.5 Å². The summed E-state index contributed by atoms with van der Waals surface area (Å²) in [6.45, 7) is 2.24. The molecule has 3 amide bonds. The molecule has 2 rings (SSSR count). The molecule has 0 aliphatic heterocycles. The minimum atomic E-state index is -0.495. The summed E-state index contributed by atoms with van der Waals surface area (Å²) in [6.07, 6.45) is 0.594. The van der Waals surface area contributed by atoms with Gasteiger partial charge in [0.25, 0.3) is 0 Å². The van der Waals surface area contributed by atoms with Gasteiger partial charge in [-0.25, -0.2) is 4.79 Å². The molecule has 2 aromatic rings. The number of nitrogens with zero attached hydrogens (tertiary/aromatic N) is 2. The smallest absolute Gasteiger partial charge is 0.321 e. The lowest BCUT2D eigenvalue weighted by Gasteiger charge is -2.04. The summed E-state index contributed by atoms with van der Waals surface area (Å²) in [5.41, 5.74) is 1.04. The number of nitrogens with one attached hydrogen (secondary N) is 3. The molecule has 0 spiro atoms. The Labute approximate surface area is 143 Å². The van der Waals surface area contributed by atoms with Crippen LogP contribution in [0.3, 0.4) is 0 Å². The quantitative estimate of drug-likeness (QED) is 0.701. The van der Waals surface area contributed by atoms with Crippen LogP contribution in [0.25, 0.3) is 0 Å². The monoisotopic (exact) mass is 349 g/mol. The largest absolute Gasteiger partial charge is 0.497 e. The molecule has 1 heterocycles. The summed E-state index contributed by atoms with van der Waals surface area (Å²) in [7, 11) is 1.62. The normalized spacial score (nSPS) is 10.1. The summed E-state index contributed by atoms with van der Waals surface area (Å²) in [6, 6.07) is 7.17. The molecule has 0 saturated heterocycles. The van der Waals surface area contributed by atoms with E-state index < -0.39 is 6.03 Å². The topological polar surface area (TPSA) is 105 Å². The van der Waals surface area contributed by atoms with E-state index in [1.807, 2.05) is 31.2 Å². The highest BCUT2D eigenvalue weighted by Gasteiger charge is 2.10. The maximum Gasteiger partial charge on any atom is 0.321 e. The van der Waals surface area contributed by atoms with E-state index in [2.05, 4.69) is 26.1 Å². The number of likely N-dealkylation sites (N-methyl/N-ethyl adjacent to an activating group) is 1. The molecule has 0 radical (unpaired) electrons. The van der Waals surface area contributed by atoms with Crippen LogP contribution in [-0.2, 0) is 11.2 Å². The van der Waals surface area contributed by atoms with Gasteiger partial charge in [-0.3, -0.25) is 10.1 Å². The molecule has 3 N–H and O–H groups in total. The van der Waals surface area contributed by atoms with E-state index in [0.717, 1.165) is 16.3 Å². The number of hydrogen-bond acceptors (Lipinski definition) is 6. The lowest BCUT2D eigenvalue weighted by atomic mass is 10.1. The fraction of sp³-hybridized carbons (Fsp3) is 0.333. The SMILES string of the molecule is CCNC(=O)CNC(=O)Nc1nnc(Cc2cccc(OC)c2)s1. The van der Waals surface area contributed by atoms with Gasteiger partial charge < -0.3 is 15.4 Å². The van der Waals surface area contributed by atoms with Gasteiger partial charge in [0.15, 0.2) is 0 Å². The third-order valence-electron chi connectivity index (χ3n) is 2.96. The number of rotatable bonds is 7. The van der Waals surface area contributed by atoms with Gasteiger partial charge in [-0.1, -0.05) is 23.5 Å². The Bertz CT molecular complexity index is 704. The minimum absolute atomic E-state index is 0.0882. The summed E-state index contributed by atoms with van der Waals surface area (Å²) in [5, 5.41) is 16.7. The van der Waals surface area contributed by atoms with Gasteiger partial charge in [0.1, 0.15) is 10.8 Å². The number of urea groups is 1. The molecule has 0 bridgehead atoms. The zero-order valence-corrected chi connectivity index (χ0v) is 14.3. The van der Waals surface area contributed by atoms with Gasteiger partial charge in [0.05, 0.1) is 13.7 Å². The predicted molar refractivity (Wildman–Crippen MR) is 91.4 cm³/mol. The second-order valence-corrected chi connectivity index (χ2v) is 5.85. The third-order valence-corrected chi connectivity index (χ3v) is 3.80. The average Bonchev–Trinajstić information content (AvgIpc) is 3.00. The molecule has 0 atom stereocenters. The molecule has 0 saturated carbocycles. The Morgan fingerprint density at radius 3 is 2.83 bits per heavy atom. The Balaban J connectivity index is 1.86. The summed E-state index contributed by atoms with van der Waals surface area (Å²) in [5.74, 6) is 0.531. The van der Waals surface area contributed by atoms with Crippen LogP contribution in [0.4, 0.5) is 9.93 Å². The lowest BCUT2D eigenvalue weighted by molar-refractivity contribution is -0.119. The van der Waals surface area contributed by atoms with E-state index in [0.29, 0.717) is 18.1 Å². The number of aromatic nitrogens is 2. The first-order chi connectivity index (χ1) is 11.6. The first-order valence-corrected chi connectivity index (χ1v) is 8.19. The van der Waals surface area contributed by atoms with Crippen molar-refractivity contribution in [2.45, 2.75) is 13.3 Å². The fourth-order valence-electron chi connectivity index (χ4n) is 1.89. The molecule has 9 heteroatoms. The Hall–Kier alpha value is -2.68. The van der Waals surface area contributed by atoms with Crippen LogP contribution >= 0.6 is 11.3 Å². The van der Waals surface area contributed by atoms with Crippen molar-refractivity contribution in [2.75, 3.05) is 25.5 Å². The maximum atomic E-state index is 11.7. The molecular weight excluding hydrogens is 330 g/mol. The van der Waals surface area contributed by atoms with Crippen molar-refractivity contribution >= 4 is 28.4 Å². The highest BCUT2D eigenvalue weighted by molar-refractivity contribution is 7.15. The zero-order chi connectivity index (χ0) is 17.4. The average molecular weight is 349 g/mol. The summed E-state index contributed by atoms with van der Waals surface area (Å²) < 4.78 is 5.18. The van der Waals surface area contributed by atoms with E-state index in [1.54, 1.807) is 7.11 Å². The first kappa shape index (κ1) is 17.7. The summed E-state index contributed by atoms with van der Waals surface area (Å²) in [4.78, 5) is 23.0. The van der Waals surface area contributed by atoms with Crippen LogP contribution in [0, 0.1) is 0 Å². The van der Waals surface area contributed by atoms with Crippen molar-refractivity contribution in [1.82, 2.24) is 20.8 Å². The van der Waals surface area contributed by atoms with Crippen molar-refractivity contribution in [3.05, 3.63) is 34.8 Å².